The summed E-state index contributed by atoms with van der Waals surface area (Å²) in [6, 6.07) is 15.5. The first-order valence-electron chi connectivity index (χ1n) is 9.10. The minimum Gasteiger partial charge on any atom is -0.481 e. The van der Waals surface area contributed by atoms with E-state index in [4.69, 9.17) is 16.3 Å². The first-order valence-corrected chi connectivity index (χ1v) is 9.48. The molecule has 1 aliphatic heterocycles. The van der Waals surface area contributed by atoms with Crippen molar-refractivity contribution in [1.29, 1.82) is 0 Å². The number of piperazine rings is 1. The highest BCUT2D eigenvalue weighted by molar-refractivity contribution is 6.30. The Balaban J connectivity index is 1.61. The van der Waals surface area contributed by atoms with Crippen molar-refractivity contribution in [3.05, 3.63) is 59.1 Å². The molecule has 1 aliphatic rings. The van der Waals surface area contributed by atoms with Gasteiger partial charge in [0.2, 0.25) is 0 Å². The van der Waals surface area contributed by atoms with E-state index in [0.717, 1.165) is 29.5 Å². The lowest BCUT2D eigenvalue weighted by atomic mass is 10.1. The predicted molar refractivity (Wildman–Crippen MR) is 106 cm³/mol. The molecule has 0 spiro atoms. The van der Waals surface area contributed by atoms with Gasteiger partial charge >= 0.3 is 0 Å². The van der Waals surface area contributed by atoms with Gasteiger partial charge in [0.25, 0.3) is 5.91 Å². The number of nitrogens with zero attached hydrogens (tertiary/aromatic N) is 2. The number of para-hydroxylation sites is 1. The topological polar surface area (TPSA) is 32.8 Å². The maximum Gasteiger partial charge on any atom is 0.263 e. The van der Waals surface area contributed by atoms with Crippen LogP contribution in [0, 0.1) is 6.92 Å². The van der Waals surface area contributed by atoms with Crippen LogP contribution in [0.2, 0.25) is 5.02 Å². The summed E-state index contributed by atoms with van der Waals surface area (Å²) < 4.78 is 5.90. The van der Waals surface area contributed by atoms with Gasteiger partial charge in [-0.25, -0.2) is 0 Å². The molecule has 0 bridgehead atoms. The number of ether oxygens (including phenoxy) is 1. The molecule has 2 aromatic rings. The molecule has 4 nitrogen and oxygen atoms in total. The Morgan fingerprint density at radius 2 is 1.81 bits per heavy atom. The van der Waals surface area contributed by atoms with Crippen LogP contribution in [0.5, 0.6) is 5.75 Å². The molecule has 2 aromatic carbocycles. The average molecular weight is 373 g/mol. The largest absolute Gasteiger partial charge is 0.481 e. The van der Waals surface area contributed by atoms with Gasteiger partial charge in [-0.3, -0.25) is 4.79 Å². The van der Waals surface area contributed by atoms with Crippen LogP contribution in [-0.2, 0) is 4.79 Å². The zero-order valence-electron chi connectivity index (χ0n) is 15.3. The van der Waals surface area contributed by atoms with E-state index >= 15 is 0 Å². The Morgan fingerprint density at radius 1 is 1.12 bits per heavy atom. The second kappa shape index (κ2) is 8.45. The van der Waals surface area contributed by atoms with Crippen LogP contribution in [0.25, 0.3) is 0 Å². The minimum atomic E-state index is -0.433. The summed E-state index contributed by atoms with van der Waals surface area (Å²) in [4.78, 5) is 17.1. The third-order valence-electron chi connectivity index (χ3n) is 4.77. The summed E-state index contributed by atoms with van der Waals surface area (Å²) in [5, 5.41) is 0.742. The maximum absolute atomic E-state index is 12.9. The number of rotatable bonds is 5. The van der Waals surface area contributed by atoms with E-state index in [1.807, 2.05) is 60.4 Å². The number of anilines is 1. The highest BCUT2D eigenvalue weighted by Gasteiger charge is 2.28. The summed E-state index contributed by atoms with van der Waals surface area (Å²) >= 11 is 6.14. The van der Waals surface area contributed by atoms with E-state index in [2.05, 4.69) is 11.8 Å². The van der Waals surface area contributed by atoms with E-state index in [1.165, 1.54) is 5.56 Å². The van der Waals surface area contributed by atoms with Gasteiger partial charge in [0.05, 0.1) is 0 Å². The normalized spacial score (nSPS) is 15.7. The molecule has 1 fully saturated rings. The van der Waals surface area contributed by atoms with Gasteiger partial charge in [-0.1, -0.05) is 42.8 Å². The van der Waals surface area contributed by atoms with Crippen molar-refractivity contribution >= 4 is 23.2 Å². The number of carbonyl (C=O) groups is 1. The van der Waals surface area contributed by atoms with Crippen molar-refractivity contribution < 1.29 is 9.53 Å². The highest BCUT2D eigenvalue weighted by atomic mass is 35.5. The van der Waals surface area contributed by atoms with Gasteiger partial charge in [-0.15, -0.1) is 0 Å². The number of hydrogen-bond donors (Lipinski definition) is 0. The second-order valence-electron chi connectivity index (χ2n) is 6.57. The smallest absolute Gasteiger partial charge is 0.263 e. The minimum absolute atomic E-state index is 0.0684. The second-order valence-corrected chi connectivity index (χ2v) is 7.01. The summed E-state index contributed by atoms with van der Waals surface area (Å²) in [5.74, 6) is 0.805. The summed E-state index contributed by atoms with van der Waals surface area (Å²) in [6.45, 7) is 7.06. The number of halogens is 1. The quantitative estimate of drug-likeness (QED) is 0.790. The molecule has 1 amide bonds. The third-order valence-corrected chi connectivity index (χ3v) is 5.01. The van der Waals surface area contributed by atoms with E-state index < -0.39 is 6.10 Å². The highest BCUT2D eigenvalue weighted by Crippen LogP contribution is 2.25. The van der Waals surface area contributed by atoms with Crippen molar-refractivity contribution in [2.24, 2.45) is 0 Å². The van der Waals surface area contributed by atoms with Crippen LogP contribution in [-0.4, -0.2) is 43.1 Å². The molecule has 1 atom stereocenters. The molecule has 0 aliphatic carbocycles. The molecule has 1 saturated heterocycles. The first kappa shape index (κ1) is 18.6. The number of amides is 1. The van der Waals surface area contributed by atoms with Crippen molar-refractivity contribution in [2.45, 2.75) is 26.4 Å². The molecule has 0 aromatic heterocycles. The summed E-state index contributed by atoms with van der Waals surface area (Å²) in [5.41, 5.74) is 2.35. The molecule has 0 saturated carbocycles. The zero-order chi connectivity index (χ0) is 18.5. The van der Waals surface area contributed by atoms with E-state index in [0.29, 0.717) is 19.5 Å². The standard InChI is InChI=1S/C21H25ClN2O2/c1-3-20(26-18-7-5-4-6-8-18)21(25)24-13-11-23(12-14-24)19-15-17(22)10-9-16(19)2/h4-10,15,20H,3,11-14H2,1-2H3/t20-/m1/s1. The van der Waals surface area contributed by atoms with Crippen LogP contribution in [0.1, 0.15) is 18.9 Å². The monoisotopic (exact) mass is 372 g/mol. The molecule has 3 rings (SSSR count). The molecule has 0 radical (unpaired) electrons. The third kappa shape index (κ3) is 4.31. The predicted octanol–water partition coefficient (Wildman–Crippen LogP) is 4.15. The fourth-order valence-electron chi connectivity index (χ4n) is 3.27. The average Bonchev–Trinajstić information content (AvgIpc) is 2.68. The van der Waals surface area contributed by atoms with Crippen LogP contribution in [0.15, 0.2) is 48.5 Å². The van der Waals surface area contributed by atoms with Crippen LogP contribution < -0.4 is 9.64 Å². The number of benzene rings is 2. The number of carbonyl (C=O) groups excluding carboxylic acids is 1. The van der Waals surface area contributed by atoms with Gasteiger partial charge < -0.3 is 14.5 Å². The van der Waals surface area contributed by atoms with Crippen molar-refractivity contribution in [2.75, 3.05) is 31.1 Å². The molecule has 5 heteroatoms. The lowest BCUT2D eigenvalue weighted by molar-refractivity contribution is -0.139. The Kier molecular flexibility index (Phi) is 6.04. The van der Waals surface area contributed by atoms with Crippen LogP contribution in [0.4, 0.5) is 5.69 Å². The Morgan fingerprint density at radius 3 is 2.46 bits per heavy atom. The van der Waals surface area contributed by atoms with E-state index in [-0.39, 0.29) is 5.91 Å². The lowest BCUT2D eigenvalue weighted by Gasteiger charge is -2.38. The summed E-state index contributed by atoms with van der Waals surface area (Å²) in [6.07, 6.45) is 0.221. The zero-order valence-corrected chi connectivity index (χ0v) is 16.1. The Bertz CT molecular complexity index is 743. The molecule has 0 unspecified atom stereocenters. The molecule has 26 heavy (non-hydrogen) atoms. The van der Waals surface area contributed by atoms with Crippen molar-refractivity contribution in [3.63, 3.8) is 0 Å². The first-order chi connectivity index (χ1) is 12.6. The number of aryl methyl sites for hydroxylation is 1. The van der Waals surface area contributed by atoms with Gasteiger partial charge in [0.1, 0.15) is 5.75 Å². The van der Waals surface area contributed by atoms with Crippen molar-refractivity contribution in [1.82, 2.24) is 4.90 Å². The van der Waals surface area contributed by atoms with Gasteiger partial charge in [-0.05, 0) is 43.2 Å². The van der Waals surface area contributed by atoms with Crippen LogP contribution in [0.3, 0.4) is 0 Å². The van der Waals surface area contributed by atoms with E-state index in [9.17, 15) is 4.79 Å². The van der Waals surface area contributed by atoms with Crippen LogP contribution >= 0.6 is 11.6 Å². The van der Waals surface area contributed by atoms with E-state index in [1.54, 1.807) is 0 Å². The fraction of sp³-hybridized carbons (Fsp3) is 0.381. The molecule has 1 heterocycles. The van der Waals surface area contributed by atoms with Gasteiger partial charge in [0, 0.05) is 36.9 Å². The van der Waals surface area contributed by atoms with Gasteiger partial charge in [-0.2, -0.15) is 0 Å². The van der Waals surface area contributed by atoms with Gasteiger partial charge in [0.15, 0.2) is 6.10 Å². The SMILES string of the molecule is CC[C@@H](Oc1ccccc1)C(=O)N1CCN(c2cc(Cl)ccc2C)CC1. The Labute approximate surface area is 160 Å². The molecular formula is C21H25ClN2O2. The number of hydrogen-bond acceptors (Lipinski definition) is 3. The van der Waals surface area contributed by atoms with Crippen molar-refractivity contribution in [3.8, 4) is 5.75 Å². The molecule has 0 N–H and O–H groups in total. The fourth-order valence-corrected chi connectivity index (χ4v) is 3.43. The Hall–Kier alpha value is -2.20. The molecule has 138 valence electrons. The lowest BCUT2D eigenvalue weighted by Crippen LogP contribution is -2.52. The summed E-state index contributed by atoms with van der Waals surface area (Å²) in [7, 11) is 0. The maximum atomic E-state index is 12.9. The molecular weight excluding hydrogens is 348 g/mol.